The lowest BCUT2D eigenvalue weighted by atomic mass is 9.85. The van der Waals surface area contributed by atoms with Gasteiger partial charge in [-0.1, -0.05) is 38.5 Å². The monoisotopic (exact) mass is 382 g/mol. The number of hydrogen-bond acceptors (Lipinski definition) is 4. The summed E-state index contributed by atoms with van der Waals surface area (Å²) in [7, 11) is 0. The maximum absolute atomic E-state index is 12.5. The molecule has 4 nitrogen and oxygen atoms in total. The summed E-state index contributed by atoms with van der Waals surface area (Å²) in [6.07, 6.45) is 4.19. The summed E-state index contributed by atoms with van der Waals surface area (Å²) in [5, 5.41) is 13.1. The number of aryl methyl sites for hydroxylation is 2. The Bertz CT molecular complexity index is 900. The fraction of sp³-hybridized carbons (Fsp3) is 0.455. The average Bonchev–Trinajstić information content (AvgIpc) is 2.96. The van der Waals surface area contributed by atoms with Crippen molar-refractivity contribution in [1.82, 2.24) is 0 Å². The summed E-state index contributed by atoms with van der Waals surface area (Å²) in [6, 6.07) is 8.29. The lowest BCUT2D eigenvalue weighted by Crippen LogP contribution is -2.22. The van der Waals surface area contributed by atoms with Gasteiger partial charge in [-0.2, -0.15) is 5.26 Å². The number of rotatable bonds is 4. The van der Waals surface area contributed by atoms with E-state index in [-0.39, 0.29) is 17.9 Å². The molecule has 142 valence electrons. The highest BCUT2D eigenvalue weighted by atomic mass is 32.1. The summed E-state index contributed by atoms with van der Waals surface area (Å²) in [4.78, 5) is 13.7. The number of ether oxygens (including phenoxy) is 1. The Hall–Kier alpha value is -2.32. The normalized spacial score (nSPS) is 13.6. The second-order valence-electron chi connectivity index (χ2n) is 8.11. The molecular weight excluding hydrogens is 356 g/mol. The molecule has 2 aromatic rings. The van der Waals surface area contributed by atoms with E-state index in [4.69, 9.17) is 4.74 Å². The maximum atomic E-state index is 12.5. The topological polar surface area (TPSA) is 62.1 Å². The Morgan fingerprint density at radius 2 is 2.04 bits per heavy atom. The van der Waals surface area contributed by atoms with E-state index in [0.717, 1.165) is 42.6 Å². The minimum absolute atomic E-state index is 0.0699. The first-order chi connectivity index (χ1) is 12.8. The Balaban J connectivity index is 1.72. The highest BCUT2D eigenvalue weighted by Gasteiger charge is 2.23. The number of nitrogens with zero attached hydrogens (tertiary/aromatic N) is 1. The molecule has 0 radical (unpaired) electrons. The van der Waals surface area contributed by atoms with Gasteiger partial charge in [0.25, 0.3) is 5.91 Å². The summed E-state index contributed by atoms with van der Waals surface area (Å²) in [6.45, 7) is 8.37. The number of nitrogens with one attached hydrogen (secondary N) is 1. The van der Waals surface area contributed by atoms with Crippen molar-refractivity contribution in [3.8, 4) is 11.8 Å². The summed E-state index contributed by atoms with van der Waals surface area (Å²) < 4.78 is 5.84. The predicted molar refractivity (Wildman–Crippen MR) is 110 cm³/mol. The van der Waals surface area contributed by atoms with Gasteiger partial charge in [-0.15, -0.1) is 11.3 Å². The zero-order valence-corrected chi connectivity index (χ0v) is 17.3. The number of nitriles is 1. The first-order valence-electron chi connectivity index (χ1n) is 9.38. The van der Waals surface area contributed by atoms with E-state index in [1.165, 1.54) is 21.8 Å². The van der Waals surface area contributed by atoms with E-state index in [1.807, 2.05) is 19.1 Å². The van der Waals surface area contributed by atoms with Crippen molar-refractivity contribution in [3.63, 3.8) is 0 Å². The van der Waals surface area contributed by atoms with Crippen molar-refractivity contribution < 1.29 is 9.53 Å². The molecule has 1 aliphatic rings. The van der Waals surface area contributed by atoms with E-state index in [2.05, 4.69) is 38.2 Å². The largest absolute Gasteiger partial charge is 0.483 e. The summed E-state index contributed by atoms with van der Waals surface area (Å²) in [5.74, 6) is 0.500. The number of fused-ring (bicyclic) bond motifs is 1. The van der Waals surface area contributed by atoms with Gasteiger partial charge in [0.15, 0.2) is 6.61 Å². The standard InChI is InChI=1S/C22H26N2O2S/c1-14-9-10-18(17(11-14)22(2,3)4)26-13-20(25)24-21-16(12-23)15-7-5-6-8-19(15)27-21/h9-11H,5-8,13H2,1-4H3,(H,24,25). The van der Waals surface area contributed by atoms with Crippen LogP contribution >= 0.6 is 11.3 Å². The quantitative estimate of drug-likeness (QED) is 0.798. The molecule has 27 heavy (non-hydrogen) atoms. The third-order valence-electron chi connectivity index (χ3n) is 4.84. The number of carbonyl (C=O) groups excluding carboxylic acids is 1. The Labute approximate surface area is 165 Å². The SMILES string of the molecule is Cc1ccc(OCC(=O)Nc2sc3c(c2C#N)CCCC3)c(C(C)(C)C)c1. The second-order valence-corrected chi connectivity index (χ2v) is 9.22. The number of amides is 1. The first-order valence-corrected chi connectivity index (χ1v) is 10.2. The molecule has 0 spiro atoms. The van der Waals surface area contributed by atoms with Gasteiger partial charge in [0, 0.05) is 4.88 Å². The molecule has 0 atom stereocenters. The number of hydrogen-bond donors (Lipinski definition) is 1. The van der Waals surface area contributed by atoms with E-state index in [9.17, 15) is 10.1 Å². The molecular formula is C22H26N2O2S. The summed E-state index contributed by atoms with van der Waals surface area (Å²) in [5.41, 5.74) is 3.94. The molecule has 0 bridgehead atoms. The van der Waals surface area contributed by atoms with Crippen molar-refractivity contribution in [2.45, 2.75) is 58.8 Å². The highest BCUT2D eigenvalue weighted by Crippen LogP contribution is 2.37. The Morgan fingerprint density at radius 3 is 2.74 bits per heavy atom. The fourth-order valence-corrected chi connectivity index (χ4v) is 4.69. The molecule has 0 fully saturated rings. The van der Waals surface area contributed by atoms with E-state index in [0.29, 0.717) is 10.6 Å². The van der Waals surface area contributed by atoms with Crippen LogP contribution in [0, 0.1) is 18.3 Å². The summed E-state index contributed by atoms with van der Waals surface area (Å²) >= 11 is 1.54. The van der Waals surface area contributed by atoms with E-state index >= 15 is 0 Å². The van der Waals surface area contributed by atoms with Crippen LogP contribution in [0.1, 0.15) is 60.7 Å². The van der Waals surface area contributed by atoms with Crippen molar-refractivity contribution in [2.24, 2.45) is 0 Å². The molecule has 1 aromatic carbocycles. The van der Waals surface area contributed by atoms with E-state index < -0.39 is 0 Å². The predicted octanol–water partition coefficient (Wildman–Crippen LogP) is 5.12. The minimum Gasteiger partial charge on any atom is -0.483 e. The third kappa shape index (κ3) is 4.33. The molecule has 1 aromatic heterocycles. The van der Waals surface area contributed by atoms with Gasteiger partial charge >= 0.3 is 0 Å². The second kappa shape index (κ2) is 7.74. The number of benzene rings is 1. The number of thiophene rings is 1. The van der Waals surface area contributed by atoms with Crippen molar-refractivity contribution in [2.75, 3.05) is 11.9 Å². The smallest absolute Gasteiger partial charge is 0.262 e. The molecule has 5 heteroatoms. The Kier molecular flexibility index (Phi) is 5.57. The zero-order chi connectivity index (χ0) is 19.6. The van der Waals surface area contributed by atoms with Crippen LogP contribution < -0.4 is 10.1 Å². The van der Waals surface area contributed by atoms with Crippen LogP contribution in [0.25, 0.3) is 0 Å². The minimum atomic E-state index is -0.231. The van der Waals surface area contributed by atoms with Gasteiger partial charge in [-0.25, -0.2) is 0 Å². The molecule has 0 aliphatic heterocycles. The third-order valence-corrected chi connectivity index (χ3v) is 6.05. The Morgan fingerprint density at radius 1 is 1.30 bits per heavy atom. The highest BCUT2D eigenvalue weighted by molar-refractivity contribution is 7.16. The lowest BCUT2D eigenvalue weighted by molar-refractivity contribution is -0.118. The van der Waals surface area contributed by atoms with Crippen LogP contribution in [0.3, 0.4) is 0 Å². The van der Waals surface area contributed by atoms with E-state index in [1.54, 1.807) is 0 Å². The van der Waals surface area contributed by atoms with Crippen molar-refractivity contribution >= 4 is 22.2 Å². The zero-order valence-electron chi connectivity index (χ0n) is 16.4. The average molecular weight is 383 g/mol. The molecule has 0 saturated heterocycles. The fourth-order valence-electron chi connectivity index (χ4n) is 3.43. The van der Waals surface area contributed by atoms with Crippen LogP contribution in [0.15, 0.2) is 18.2 Å². The van der Waals surface area contributed by atoms with Gasteiger partial charge in [-0.05, 0) is 55.2 Å². The molecule has 1 amide bonds. The van der Waals surface area contributed by atoms with Crippen LogP contribution in [-0.4, -0.2) is 12.5 Å². The molecule has 0 unspecified atom stereocenters. The van der Waals surface area contributed by atoms with Gasteiger partial charge < -0.3 is 10.1 Å². The van der Waals surface area contributed by atoms with Crippen molar-refractivity contribution in [1.29, 1.82) is 5.26 Å². The van der Waals surface area contributed by atoms with Crippen LogP contribution in [0.2, 0.25) is 0 Å². The molecule has 1 heterocycles. The maximum Gasteiger partial charge on any atom is 0.262 e. The van der Waals surface area contributed by atoms with Crippen LogP contribution in [0.4, 0.5) is 5.00 Å². The van der Waals surface area contributed by atoms with Gasteiger partial charge in [-0.3, -0.25) is 4.79 Å². The van der Waals surface area contributed by atoms with Crippen LogP contribution in [-0.2, 0) is 23.1 Å². The number of anilines is 1. The first kappa shape index (κ1) is 19.4. The van der Waals surface area contributed by atoms with Gasteiger partial charge in [0.1, 0.15) is 16.8 Å². The molecule has 1 aliphatic carbocycles. The van der Waals surface area contributed by atoms with Crippen LogP contribution in [0.5, 0.6) is 5.75 Å². The molecule has 3 rings (SSSR count). The van der Waals surface area contributed by atoms with Gasteiger partial charge in [0.2, 0.25) is 0 Å². The van der Waals surface area contributed by atoms with Crippen molar-refractivity contribution in [3.05, 3.63) is 45.3 Å². The molecule has 0 saturated carbocycles. The molecule has 1 N–H and O–H groups in total. The van der Waals surface area contributed by atoms with Gasteiger partial charge in [0.05, 0.1) is 5.56 Å². The lowest BCUT2D eigenvalue weighted by Gasteiger charge is -2.23. The number of carbonyl (C=O) groups is 1.